The molecular weight excluding hydrogens is 320 g/mol. The molecule has 1 heterocycles. The summed E-state index contributed by atoms with van der Waals surface area (Å²) in [5.74, 6) is -0.340. The number of phenolic OH excluding ortho intramolecular Hbond substituents is 2. The van der Waals surface area contributed by atoms with Crippen LogP contribution in [0.1, 0.15) is 0 Å². The van der Waals surface area contributed by atoms with Crippen LogP contribution in [0.3, 0.4) is 0 Å². The van der Waals surface area contributed by atoms with Crippen molar-refractivity contribution in [1.82, 2.24) is 4.98 Å². The first-order chi connectivity index (χ1) is 9.63. The summed E-state index contributed by atoms with van der Waals surface area (Å²) in [5, 5.41) is 23.2. The van der Waals surface area contributed by atoms with E-state index in [0.29, 0.717) is 5.52 Å². The van der Waals surface area contributed by atoms with Crippen LogP contribution in [-0.4, -0.2) is 15.2 Å². The van der Waals surface area contributed by atoms with Crippen LogP contribution in [-0.2, 0) is 0 Å². The van der Waals surface area contributed by atoms with Crippen molar-refractivity contribution in [1.29, 1.82) is 0 Å². The smallest absolute Gasteiger partial charge is 0.159 e. The Kier molecular flexibility index (Phi) is 3.20. The SMILES string of the molecule is Oc1cc2nccc(Nc3cccc(Br)c3)c2cc1O. The van der Waals surface area contributed by atoms with E-state index in [4.69, 9.17) is 0 Å². The number of halogens is 1. The molecule has 1 aromatic heterocycles. The number of hydrogen-bond donors (Lipinski definition) is 3. The van der Waals surface area contributed by atoms with Crippen molar-refractivity contribution in [3.05, 3.63) is 53.1 Å². The normalized spacial score (nSPS) is 10.7. The molecule has 0 unspecified atom stereocenters. The van der Waals surface area contributed by atoms with Gasteiger partial charge in [-0.15, -0.1) is 0 Å². The first-order valence-corrected chi connectivity index (χ1v) is 6.76. The first kappa shape index (κ1) is 12.7. The number of pyridine rings is 1. The number of nitrogens with one attached hydrogen (secondary N) is 1. The van der Waals surface area contributed by atoms with Gasteiger partial charge in [0.25, 0.3) is 0 Å². The minimum atomic E-state index is -0.176. The van der Waals surface area contributed by atoms with Crippen LogP contribution in [0.4, 0.5) is 11.4 Å². The van der Waals surface area contributed by atoms with E-state index in [0.717, 1.165) is 21.2 Å². The molecule has 0 amide bonds. The summed E-state index contributed by atoms with van der Waals surface area (Å²) in [5.41, 5.74) is 2.34. The van der Waals surface area contributed by atoms with E-state index in [2.05, 4.69) is 26.2 Å². The van der Waals surface area contributed by atoms with E-state index in [-0.39, 0.29) is 11.5 Å². The third-order valence-corrected chi connectivity index (χ3v) is 3.43. The molecule has 0 aliphatic carbocycles. The number of rotatable bonds is 2. The van der Waals surface area contributed by atoms with Gasteiger partial charge in [0.2, 0.25) is 0 Å². The lowest BCUT2D eigenvalue weighted by Gasteiger charge is -2.10. The minimum absolute atomic E-state index is 0.164. The Morgan fingerprint density at radius 2 is 1.80 bits per heavy atom. The number of nitrogens with zero attached hydrogens (tertiary/aromatic N) is 1. The fourth-order valence-corrected chi connectivity index (χ4v) is 2.40. The summed E-state index contributed by atoms with van der Waals surface area (Å²) >= 11 is 3.42. The van der Waals surface area contributed by atoms with Crippen LogP contribution in [0, 0.1) is 0 Å². The highest BCUT2D eigenvalue weighted by Gasteiger charge is 2.07. The molecule has 100 valence electrons. The molecule has 2 aromatic carbocycles. The number of anilines is 2. The number of hydrogen-bond acceptors (Lipinski definition) is 4. The van der Waals surface area contributed by atoms with Crippen molar-refractivity contribution in [3.8, 4) is 11.5 Å². The first-order valence-electron chi connectivity index (χ1n) is 5.97. The minimum Gasteiger partial charge on any atom is -0.504 e. The highest BCUT2D eigenvalue weighted by Crippen LogP contribution is 2.34. The van der Waals surface area contributed by atoms with Gasteiger partial charge in [-0.05, 0) is 30.3 Å². The van der Waals surface area contributed by atoms with Crippen LogP contribution < -0.4 is 5.32 Å². The fourth-order valence-electron chi connectivity index (χ4n) is 2.00. The molecule has 3 rings (SSSR count). The molecule has 0 atom stereocenters. The maximum absolute atomic E-state index is 9.64. The number of fused-ring (bicyclic) bond motifs is 1. The molecule has 0 saturated carbocycles. The second kappa shape index (κ2) is 5.02. The zero-order chi connectivity index (χ0) is 14.1. The van der Waals surface area contributed by atoms with Crippen LogP contribution in [0.15, 0.2) is 53.1 Å². The zero-order valence-electron chi connectivity index (χ0n) is 10.3. The molecule has 0 spiro atoms. The van der Waals surface area contributed by atoms with E-state index in [1.165, 1.54) is 12.1 Å². The van der Waals surface area contributed by atoms with Gasteiger partial charge < -0.3 is 15.5 Å². The molecule has 0 aliphatic heterocycles. The summed E-state index contributed by atoms with van der Waals surface area (Å²) in [4.78, 5) is 4.18. The van der Waals surface area contributed by atoms with Crippen LogP contribution >= 0.6 is 15.9 Å². The predicted molar refractivity (Wildman–Crippen MR) is 82.5 cm³/mol. The summed E-state index contributed by atoms with van der Waals surface area (Å²) in [6.45, 7) is 0. The highest BCUT2D eigenvalue weighted by atomic mass is 79.9. The van der Waals surface area contributed by atoms with E-state index in [9.17, 15) is 10.2 Å². The molecule has 0 saturated heterocycles. The summed E-state index contributed by atoms with van der Waals surface area (Å²) < 4.78 is 0.973. The van der Waals surface area contributed by atoms with Gasteiger partial charge in [0.1, 0.15) is 0 Å². The average Bonchev–Trinajstić information content (AvgIpc) is 2.41. The van der Waals surface area contributed by atoms with Gasteiger partial charge in [-0.3, -0.25) is 4.98 Å². The molecule has 3 N–H and O–H groups in total. The molecule has 0 fully saturated rings. The Balaban J connectivity index is 2.09. The fraction of sp³-hybridized carbons (Fsp3) is 0. The van der Waals surface area contributed by atoms with Gasteiger partial charge >= 0.3 is 0 Å². The summed E-state index contributed by atoms with van der Waals surface area (Å²) in [6, 6.07) is 12.5. The maximum Gasteiger partial charge on any atom is 0.159 e. The Morgan fingerprint density at radius 1 is 1.00 bits per heavy atom. The van der Waals surface area contributed by atoms with Crippen molar-refractivity contribution >= 4 is 38.2 Å². The van der Waals surface area contributed by atoms with Crippen molar-refractivity contribution in [2.24, 2.45) is 0 Å². The number of aromatic nitrogens is 1. The van der Waals surface area contributed by atoms with Crippen LogP contribution in [0.25, 0.3) is 10.9 Å². The van der Waals surface area contributed by atoms with Gasteiger partial charge in [-0.2, -0.15) is 0 Å². The molecular formula is C15H11BrN2O2. The zero-order valence-corrected chi connectivity index (χ0v) is 11.9. The second-order valence-electron chi connectivity index (χ2n) is 4.35. The lowest BCUT2D eigenvalue weighted by atomic mass is 10.1. The Labute approximate surface area is 123 Å². The maximum atomic E-state index is 9.64. The van der Waals surface area contributed by atoms with Gasteiger partial charge in [0.15, 0.2) is 11.5 Å². The van der Waals surface area contributed by atoms with Crippen molar-refractivity contribution in [3.63, 3.8) is 0 Å². The van der Waals surface area contributed by atoms with E-state index in [1.54, 1.807) is 6.20 Å². The quantitative estimate of drug-likeness (QED) is 0.617. The van der Waals surface area contributed by atoms with E-state index < -0.39 is 0 Å². The summed E-state index contributed by atoms with van der Waals surface area (Å²) in [6.07, 6.45) is 1.65. The molecule has 0 radical (unpaired) electrons. The van der Waals surface area contributed by atoms with E-state index >= 15 is 0 Å². The van der Waals surface area contributed by atoms with Gasteiger partial charge in [-0.25, -0.2) is 0 Å². The third kappa shape index (κ3) is 2.40. The van der Waals surface area contributed by atoms with Crippen molar-refractivity contribution in [2.45, 2.75) is 0 Å². The Morgan fingerprint density at radius 3 is 2.60 bits per heavy atom. The Hall–Kier alpha value is -2.27. The molecule has 5 heteroatoms. The van der Waals surface area contributed by atoms with Crippen molar-refractivity contribution < 1.29 is 10.2 Å². The average molecular weight is 331 g/mol. The van der Waals surface area contributed by atoms with E-state index in [1.807, 2.05) is 30.3 Å². The number of aromatic hydroxyl groups is 2. The molecule has 3 aromatic rings. The van der Waals surface area contributed by atoms with Crippen LogP contribution in [0.5, 0.6) is 11.5 Å². The van der Waals surface area contributed by atoms with Crippen LogP contribution in [0.2, 0.25) is 0 Å². The van der Waals surface area contributed by atoms with Gasteiger partial charge in [0, 0.05) is 33.5 Å². The number of benzene rings is 2. The van der Waals surface area contributed by atoms with Gasteiger partial charge in [-0.1, -0.05) is 22.0 Å². The second-order valence-corrected chi connectivity index (χ2v) is 5.27. The highest BCUT2D eigenvalue weighted by molar-refractivity contribution is 9.10. The monoisotopic (exact) mass is 330 g/mol. The number of phenols is 2. The summed E-state index contributed by atoms with van der Waals surface area (Å²) in [7, 11) is 0. The lowest BCUT2D eigenvalue weighted by molar-refractivity contribution is 0.405. The third-order valence-electron chi connectivity index (χ3n) is 2.94. The Bertz CT molecular complexity index is 790. The van der Waals surface area contributed by atoms with Gasteiger partial charge in [0.05, 0.1) is 5.52 Å². The topological polar surface area (TPSA) is 65.4 Å². The lowest BCUT2D eigenvalue weighted by Crippen LogP contribution is -1.92. The standard InChI is InChI=1S/C15H11BrN2O2/c16-9-2-1-3-10(6-9)18-12-4-5-17-13-8-15(20)14(19)7-11(12)13/h1-8,19-20H,(H,17,18). The molecule has 0 aliphatic rings. The molecule has 4 nitrogen and oxygen atoms in total. The van der Waals surface area contributed by atoms with Crippen molar-refractivity contribution in [2.75, 3.05) is 5.32 Å². The molecule has 20 heavy (non-hydrogen) atoms. The molecule has 0 bridgehead atoms. The predicted octanol–water partition coefficient (Wildman–Crippen LogP) is 4.15. The largest absolute Gasteiger partial charge is 0.504 e.